The molecular formula is C18H26Cl2O. The largest absolute Gasteiger partial charge is 0.396 e. The molecule has 0 atom stereocenters. The molecule has 1 aromatic rings. The second-order valence-corrected chi connectivity index (χ2v) is 7.48. The molecule has 1 nitrogen and oxygen atoms in total. The number of aliphatic hydroxyl groups is 1. The molecule has 0 aromatic heterocycles. The molecule has 0 radical (unpaired) electrons. The molecule has 3 heteroatoms. The fraction of sp³-hybridized carbons (Fsp3) is 0.667. The van der Waals surface area contributed by atoms with Crippen LogP contribution in [0.4, 0.5) is 0 Å². The molecule has 1 aliphatic carbocycles. The van der Waals surface area contributed by atoms with E-state index in [0.717, 1.165) is 25.2 Å². The lowest BCUT2D eigenvalue weighted by atomic mass is 9.67. The maximum atomic E-state index is 9.93. The Morgan fingerprint density at radius 3 is 2.48 bits per heavy atom. The first-order valence-electron chi connectivity index (χ1n) is 8.13. The molecule has 0 unspecified atom stereocenters. The molecule has 0 amide bonds. The average molecular weight is 329 g/mol. The molecular weight excluding hydrogens is 303 g/mol. The van der Waals surface area contributed by atoms with Gasteiger partial charge in [-0.2, -0.15) is 0 Å². The van der Waals surface area contributed by atoms with Crippen LogP contribution in [0.3, 0.4) is 0 Å². The Bertz CT molecular complexity index is 451. The first-order chi connectivity index (χ1) is 10.1. The Morgan fingerprint density at radius 2 is 1.90 bits per heavy atom. The van der Waals surface area contributed by atoms with Gasteiger partial charge >= 0.3 is 0 Å². The summed E-state index contributed by atoms with van der Waals surface area (Å²) in [5.74, 6) is 0.860. The highest BCUT2D eigenvalue weighted by molar-refractivity contribution is 6.42. The number of benzene rings is 1. The van der Waals surface area contributed by atoms with Crippen LogP contribution in [-0.2, 0) is 6.42 Å². The molecule has 2 rings (SSSR count). The average Bonchev–Trinajstić information content (AvgIpc) is 2.50. The number of aliphatic hydroxyl groups excluding tert-OH is 1. The zero-order valence-corrected chi connectivity index (χ0v) is 14.4. The number of rotatable bonds is 6. The zero-order valence-electron chi connectivity index (χ0n) is 12.9. The molecule has 1 fully saturated rings. The minimum atomic E-state index is 0.0415. The van der Waals surface area contributed by atoms with Gasteiger partial charge in [0.2, 0.25) is 0 Å². The Hall–Kier alpha value is -0.240. The summed E-state index contributed by atoms with van der Waals surface area (Å²) in [5, 5.41) is 11.1. The number of halogens is 2. The monoisotopic (exact) mass is 328 g/mol. The normalized spacial score (nSPS) is 26.0. The van der Waals surface area contributed by atoms with Gasteiger partial charge in [0.15, 0.2) is 0 Å². The van der Waals surface area contributed by atoms with Gasteiger partial charge in [0, 0.05) is 6.61 Å². The van der Waals surface area contributed by atoms with Crippen molar-refractivity contribution >= 4 is 23.2 Å². The van der Waals surface area contributed by atoms with Crippen molar-refractivity contribution in [1.29, 1.82) is 0 Å². The van der Waals surface area contributed by atoms with Gasteiger partial charge in [-0.15, -0.1) is 0 Å². The Kier molecular flexibility index (Phi) is 6.40. The van der Waals surface area contributed by atoms with Gasteiger partial charge in [-0.1, -0.05) is 55.5 Å². The van der Waals surface area contributed by atoms with Gasteiger partial charge in [-0.25, -0.2) is 0 Å². The molecule has 1 N–H and O–H groups in total. The van der Waals surface area contributed by atoms with Crippen LogP contribution < -0.4 is 0 Å². The van der Waals surface area contributed by atoms with E-state index in [-0.39, 0.29) is 12.0 Å². The van der Waals surface area contributed by atoms with E-state index in [9.17, 15) is 5.11 Å². The van der Waals surface area contributed by atoms with Crippen LogP contribution in [0.15, 0.2) is 18.2 Å². The third-order valence-corrected chi connectivity index (χ3v) is 5.77. The SMILES string of the molecule is CCCCC1CCC(CO)(Cc2ccc(Cl)c(Cl)c2)CC1. The van der Waals surface area contributed by atoms with Crippen LogP contribution in [-0.4, -0.2) is 11.7 Å². The van der Waals surface area contributed by atoms with Crippen LogP contribution in [0.5, 0.6) is 0 Å². The van der Waals surface area contributed by atoms with Crippen molar-refractivity contribution in [2.24, 2.45) is 11.3 Å². The van der Waals surface area contributed by atoms with E-state index in [1.54, 1.807) is 0 Å². The van der Waals surface area contributed by atoms with Gasteiger partial charge in [-0.3, -0.25) is 0 Å². The van der Waals surface area contributed by atoms with Gasteiger partial charge in [0.1, 0.15) is 0 Å². The number of hydrogen-bond donors (Lipinski definition) is 1. The molecule has 0 heterocycles. The molecule has 0 spiro atoms. The fourth-order valence-corrected chi connectivity index (χ4v) is 3.87. The highest BCUT2D eigenvalue weighted by Gasteiger charge is 2.34. The summed E-state index contributed by atoms with van der Waals surface area (Å²) in [6.45, 7) is 2.53. The van der Waals surface area contributed by atoms with E-state index in [1.165, 1.54) is 37.7 Å². The van der Waals surface area contributed by atoms with Crippen LogP contribution >= 0.6 is 23.2 Å². The second-order valence-electron chi connectivity index (χ2n) is 6.67. The third-order valence-electron chi connectivity index (χ3n) is 5.03. The molecule has 118 valence electrons. The molecule has 1 aliphatic rings. The lowest BCUT2D eigenvalue weighted by Gasteiger charge is -2.39. The van der Waals surface area contributed by atoms with Crippen LogP contribution in [0.2, 0.25) is 10.0 Å². The molecule has 1 aromatic carbocycles. The van der Waals surface area contributed by atoms with Crippen LogP contribution in [0.1, 0.15) is 57.4 Å². The van der Waals surface area contributed by atoms with Crippen LogP contribution in [0, 0.1) is 11.3 Å². The second kappa shape index (κ2) is 7.85. The summed E-state index contributed by atoms with van der Waals surface area (Å²) in [6.07, 6.45) is 9.63. The van der Waals surface area contributed by atoms with Crippen molar-refractivity contribution in [3.05, 3.63) is 33.8 Å². The molecule has 0 bridgehead atoms. The first kappa shape index (κ1) is 17.1. The van der Waals surface area contributed by atoms with E-state index in [4.69, 9.17) is 23.2 Å². The van der Waals surface area contributed by atoms with Crippen molar-refractivity contribution in [2.75, 3.05) is 6.61 Å². The van der Waals surface area contributed by atoms with Crippen LogP contribution in [0.25, 0.3) is 0 Å². The topological polar surface area (TPSA) is 20.2 Å². The smallest absolute Gasteiger partial charge is 0.0595 e. The molecule has 0 saturated heterocycles. The minimum Gasteiger partial charge on any atom is -0.396 e. The van der Waals surface area contributed by atoms with Gasteiger partial charge < -0.3 is 5.11 Å². The number of hydrogen-bond acceptors (Lipinski definition) is 1. The van der Waals surface area contributed by atoms with Crippen molar-refractivity contribution in [2.45, 2.75) is 58.3 Å². The van der Waals surface area contributed by atoms with E-state index in [2.05, 4.69) is 6.92 Å². The van der Waals surface area contributed by atoms with Crippen molar-refractivity contribution in [1.82, 2.24) is 0 Å². The van der Waals surface area contributed by atoms with Gasteiger partial charge in [0.05, 0.1) is 10.0 Å². The molecule has 21 heavy (non-hydrogen) atoms. The summed E-state index contributed by atoms with van der Waals surface area (Å²) in [4.78, 5) is 0. The van der Waals surface area contributed by atoms with Crippen molar-refractivity contribution in [3.63, 3.8) is 0 Å². The predicted octanol–water partition coefficient (Wildman–Crippen LogP) is 5.90. The highest BCUT2D eigenvalue weighted by atomic mass is 35.5. The lowest BCUT2D eigenvalue weighted by Crippen LogP contribution is -2.33. The zero-order chi connectivity index (χ0) is 15.3. The summed E-state index contributed by atoms with van der Waals surface area (Å²) in [6, 6.07) is 5.84. The summed E-state index contributed by atoms with van der Waals surface area (Å²) >= 11 is 12.1. The summed E-state index contributed by atoms with van der Waals surface area (Å²) in [5.41, 5.74) is 1.23. The van der Waals surface area contributed by atoms with E-state index >= 15 is 0 Å². The van der Waals surface area contributed by atoms with Gasteiger partial charge in [-0.05, 0) is 61.1 Å². The van der Waals surface area contributed by atoms with Crippen molar-refractivity contribution < 1.29 is 5.11 Å². The maximum Gasteiger partial charge on any atom is 0.0595 e. The minimum absolute atomic E-state index is 0.0415. The van der Waals surface area contributed by atoms with Crippen molar-refractivity contribution in [3.8, 4) is 0 Å². The summed E-state index contributed by atoms with van der Waals surface area (Å²) < 4.78 is 0. The highest BCUT2D eigenvalue weighted by Crippen LogP contribution is 2.43. The lowest BCUT2D eigenvalue weighted by molar-refractivity contribution is 0.0621. The standard InChI is InChI=1S/C18H26Cl2O/c1-2-3-4-14-7-9-18(13-21,10-8-14)12-15-5-6-16(19)17(20)11-15/h5-6,11,14,21H,2-4,7-10,12-13H2,1H3. The van der Waals surface area contributed by atoms with Gasteiger partial charge in [0.25, 0.3) is 0 Å². The van der Waals surface area contributed by atoms with E-state index in [1.807, 2.05) is 18.2 Å². The van der Waals surface area contributed by atoms with E-state index < -0.39 is 0 Å². The predicted molar refractivity (Wildman–Crippen MR) is 91.2 cm³/mol. The fourth-order valence-electron chi connectivity index (χ4n) is 3.54. The van der Waals surface area contributed by atoms with E-state index in [0.29, 0.717) is 10.0 Å². The Morgan fingerprint density at radius 1 is 1.19 bits per heavy atom. The summed E-state index contributed by atoms with van der Waals surface area (Å²) in [7, 11) is 0. The molecule has 0 aliphatic heterocycles. The molecule has 1 saturated carbocycles. The Labute approximate surface area is 138 Å². The quantitative estimate of drug-likeness (QED) is 0.689. The number of unbranched alkanes of at least 4 members (excludes halogenated alkanes) is 1. The maximum absolute atomic E-state index is 9.93. The first-order valence-corrected chi connectivity index (χ1v) is 8.89. The Balaban J connectivity index is 1.98. The third kappa shape index (κ3) is 4.61.